The number of carbonyl (C=O) groups excluding carboxylic acids is 1. The number of nitrogens with zero attached hydrogens (tertiary/aromatic N) is 2. The van der Waals surface area contributed by atoms with Gasteiger partial charge >= 0.3 is 0 Å². The van der Waals surface area contributed by atoms with E-state index < -0.39 is 5.82 Å². The van der Waals surface area contributed by atoms with E-state index in [1.165, 1.54) is 35.0 Å². The number of amides is 1. The zero-order valence-corrected chi connectivity index (χ0v) is 27.3. The van der Waals surface area contributed by atoms with Gasteiger partial charge < -0.3 is 4.74 Å². The van der Waals surface area contributed by atoms with E-state index in [2.05, 4.69) is 80.5 Å². The second kappa shape index (κ2) is 12.8. The molecular formula is C33H27FI2N2O2S. The molecule has 0 bridgehead atoms. The molecule has 0 atom stereocenters. The lowest BCUT2D eigenvalue weighted by Gasteiger charge is -2.30. The molecule has 41 heavy (non-hydrogen) atoms. The fraction of sp³-hybridized carbons (Fsp3) is 0.212. The first-order valence-corrected chi connectivity index (χ1v) is 16.6. The Hall–Kier alpha value is -2.44. The predicted molar refractivity (Wildman–Crippen MR) is 183 cm³/mol. The average Bonchev–Trinajstić information content (AvgIpc) is 3.28. The topological polar surface area (TPSA) is 41.9 Å². The number of aliphatic imine (C=N–C) groups is 1. The molecule has 2 fully saturated rings. The van der Waals surface area contributed by atoms with Crippen molar-refractivity contribution in [3.8, 4) is 5.75 Å². The number of halogens is 3. The molecule has 4 nitrogen and oxygen atoms in total. The summed E-state index contributed by atoms with van der Waals surface area (Å²) in [6.45, 7) is 0.467. The lowest BCUT2D eigenvalue weighted by Crippen LogP contribution is -2.40. The van der Waals surface area contributed by atoms with Crippen LogP contribution >= 0.6 is 56.9 Å². The summed E-state index contributed by atoms with van der Waals surface area (Å²) >= 11 is 5.93. The number of para-hydroxylation sites is 1. The number of carbonyl (C=O) groups is 1. The summed E-state index contributed by atoms with van der Waals surface area (Å²) in [5.74, 6) is 0.382. The normalized spacial score (nSPS) is 18.1. The minimum Gasteiger partial charge on any atom is -0.487 e. The highest BCUT2D eigenvalue weighted by Crippen LogP contribution is 2.40. The monoisotopic (exact) mass is 788 g/mol. The van der Waals surface area contributed by atoms with Crippen LogP contribution in [0.4, 0.5) is 10.1 Å². The van der Waals surface area contributed by atoms with E-state index in [-0.39, 0.29) is 17.6 Å². The van der Waals surface area contributed by atoms with Crippen molar-refractivity contribution in [1.82, 2.24) is 4.90 Å². The highest BCUT2D eigenvalue weighted by atomic mass is 127. The molecule has 0 radical (unpaired) electrons. The van der Waals surface area contributed by atoms with Gasteiger partial charge in [0.25, 0.3) is 5.91 Å². The number of thioether (sulfide) groups is 1. The summed E-state index contributed by atoms with van der Waals surface area (Å²) in [7, 11) is 0. The average molecular weight is 788 g/mol. The maximum Gasteiger partial charge on any atom is 0.267 e. The van der Waals surface area contributed by atoms with E-state index in [0.29, 0.717) is 16.7 Å². The molecular weight excluding hydrogens is 761 g/mol. The molecule has 1 aliphatic carbocycles. The van der Waals surface area contributed by atoms with Crippen LogP contribution in [0.15, 0.2) is 88.8 Å². The Morgan fingerprint density at radius 1 is 0.951 bits per heavy atom. The van der Waals surface area contributed by atoms with E-state index in [4.69, 9.17) is 4.74 Å². The molecule has 208 valence electrons. The van der Waals surface area contributed by atoms with Gasteiger partial charge in [-0.3, -0.25) is 9.69 Å². The van der Waals surface area contributed by atoms with Crippen molar-refractivity contribution in [3.63, 3.8) is 0 Å². The van der Waals surface area contributed by atoms with Crippen molar-refractivity contribution in [3.05, 3.63) is 108 Å². The van der Waals surface area contributed by atoms with Crippen LogP contribution in [0.3, 0.4) is 0 Å². The second-order valence-electron chi connectivity index (χ2n) is 10.2. The number of hydrogen-bond acceptors (Lipinski definition) is 4. The Labute approximate surface area is 270 Å². The fourth-order valence-corrected chi connectivity index (χ4v) is 8.57. The van der Waals surface area contributed by atoms with Crippen molar-refractivity contribution >= 4 is 90.6 Å². The van der Waals surface area contributed by atoms with Gasteiger partial charge in [0.05, 0.1) is 12.0 Å². The lowest BCUT2D eigenvalue weighted by molar-refractivity contribution is -0.124. The van der Waals surface area contributed by atoms with Crippen LogP contribution in [-0.2, 0) is 11.4 Å². The summed E-state index contributed by atoms with van der Waals surface area (Å²) in [4.78, 5) is 20.8. The van der Waals surface area contributed by atoms with Crippen LogP contribution in [0.2, 0.25) is 0 Å². The molecule has 1 saturated heterocycles. The molecule has 1 amide bonds. The molecule has 0 unspecified atom stereocenters. The molecule has 1 heterocycles. The Bertz CT molecular complexity index is 1650. The van der Waals surface area contributed by atoms with Gasteiger partial charge in [-0.15, -0.1) is 0 Å². The molecule has 1 aliphatic heterocycles. The highest BCUT2D eigenvalue weighted by molar-refractivity contribution is 14.1. The third-order valence-corrected chi connectivity index (χ3v) is 10.0. The molecule has 6 rings (SSSR count). The van der Waals surface area contributed by atoms with Crippen LogP contribution in [0, 0.1) is 13.0 Å². The van der Waals surface area contributed by atoms with E-state index in [0.717, 1.165) is 49.7 Å². The summed E-state index contributed by atoms with van der Waals surface area (Å²) in [6, 6.07) is 25.2. The van der Waals surface area contributed by atoms with E-state index in [1.807, 2.05) is 30.3 Å². The van der Waals surface area contributed by atoms with Crippen LogP contribution in [0.1, 0.15) is 43.2 Å². The van der Waals surface area contributed by atoms with Gasteiger partial charge in [0, 0.05) is 6.04 Å². The number of hydrogen-bond donors (Lipinski definition) is 0. The van der Waals surface area contributed by atoms with E-state index in [9.17, 15) is 9.18 Å². The predicted octanol–water partition coefficient (Wildman–Crippen LogP) is 9.70. The molecule has 1 saturated carbocycles. The van der Waals surface area contributed by atoms with Crippen molar-refractivity contribution in [2.45, 2.75) is 44.8 Å². The third-order valence-electron chi connectivity index (χ3n) is 7.42. The largest absolute Gasteiger partial charge is 0.487 e. The zero-order chi connectivity index (χ0) is 28.3. The second-order valence-corrected chi connectivity index (χ2v) is 13.5. The van der Waals surface area contributed by atoms with Gasteiger partial charge in [-0.1, -0.05) is 73.9 Å². The van der Waals surface area contributed by atoms with Crippen LogP contribution < -0.4 is 4.74 Å². The standard InChI is InChI=1S/C33H27FI2N2O2S/c34-26-15-6-7-16-29(26)37-33-38(24-12-2-1-3-13-24)32(39)30(41-33)19-21-17-27(35)31(28(36)18-21)40-20-23-11-8-10-22-9-4-5-14-25(22)23/h4-11,14-19,24H,1-3,12-13,20H2/b30-19-,37-33?. The van der Waals surface area contributed by atoms with Crippen molar-refractivity contribution in [2.75, 3.05) is 0 Å². The lowest BCUT2D eigenvalue weighted by atomic mass is 9.94. The quantitative estimate of drug-likeness (QED) is 0.144. The number of fused-ring (bicyclic) bond motifs is 1. The smallest absolute Gasteiger partial charge is 0.267 e. The number of ether oxygens (including phenoxy) is 1. The van der Waals surface area contributed by atoms with Crippen LogP contribution in [0.25, 0.3) is 16.8 Å². The Morgan fingerprint density at radius 3 is 2.44 bits per heavy atom. The molecule has 0 aromatic heterocycles. The molecule has 0 spiro atoms. The first-order chi connectivity index (χ1) is 20.0. The molecule has 8 heteroatoms. The summed E-state index contributed by atoms with van der Waals surface area (Å²) < 4.78 is 22.8. The SMILES string of the molecule is O=C1/C(=C/c2cc(I)c(OCc3cccc4ccccc34)c(I)c2)SC(=Nc2ccccc2F)N1C1CCCCC1. The Balaban J connectivity index is 1.27. The van der Waals surface area contributed by atoms with Crippen LogP contribution in [-0.4, -0.2) is 22.0 Å². The van der Waals surface area contributed by atoms with Crippen molar-refractivity contribution in [2.24, 2.45) is 4.99 Å². The third kappa shape index (κ3) is 6.34. The van der Waals surface area contributed by atoms with Gasteiger partial charge in [0.15, 0.2) is 5.17 Å². The van der Waals surface area contributed by atoms with Crippen molar-refractivity contribution < 1.29 is 13.9 Å². The molecule has 4 aromatic carbocycles. The zero-order valence-electron chi connectivity index (χ0n) is 22.2. The minimum atomic E-state index is -0.391. The van der Waals surface area contributed by atoms with Gasteiger partial charge in [0.2, 0.25) is 0 Å². The molecule has 0 N–H and O–H groups in total. The summed E-state index contributed by atoms with van der Waals surface area (Å²) in [5, 5.41) is 2.94. The number of rotatable bonds is 6. The highest BCUT2D eigenvalue weighted by Gasteiger charge is 2.38. The first kappa shape index (κ1) is 28.7. The maximum absolute atomic E-state index is 14.5. The van der Waals surface area contributed by atoms with Gasteiger partial charge in [0.1, 0.15) is 23.9 Å². The fourth-order valence-electron chi connectivity index (χ4n) is 5.39. The molecule has 2 aliphatic rings. The minimum absolute atomic E-state index is 0.0571. The summed E-state index contributed by atoms with van der Waals surface area (Å²) in [6.07, 6.45) is 7.15. The number of benzene rings is 4. The summed E-state index contributed by atoms with van der Waals surface area (Å²) in [5.41, 5.74) is 2.31. The molecule has 4 aromatic rings. The Morgan fingerprint density at radius 2 is 1.66 bits per heavy atom. The van der Waals surface area contributed by atoms with Gasteiger partial charge in [-0.25, -0.2) is 9.38 Å². The van der Waals surface area contributed by atoms with Gasteiger partial charge in [-0.05, 0) is 122 Å². The first-order valence-electron chi connectivity index (χ1n) is 13.6. The maximum atomic E-state index is 14.5. The Kier molecular flexibility index (Phi) is 8.97. The van der Waals surface area contributed by atoms with E-state index >= 15 is 0 Å². The van der Waals surface area contributed by atoms with E-state index in [1.54, 1.807) is 23.1 Å². The van der Waals surface area contributed by atoms with Crippen LogP contribution in [0.5, 0.6) is 5.75 Å². The van der Waals surface area contributed by atoms with Gasteiger partial charge in [-0.2, -0.15) is 0 Å². The van der Waals surface area contributed by atoms with Crippen molar-refractivity contribution in [1.29, 1.82) is 0 Å². The number of amidine groups is 1.